The number of nitrogens with zero attached hydrogens (tertiary/aromatic N) is 2. The Hall–Kier alpha value is -1.53. The van der Waals surface area contributed by atoms with E-state index in [0.717, 1.165) is 6.42 Å². The largest absolute Gasteiger partial charge is 0.451 e. The van der Waals surface area contributed by atoms with Gasteiger partial charge in [0, 0.05) is 19.2 Å². The normalized spacial score (nSPS) is 14.9. The fraction of sp³-hybridized carbons (Fsp3) is 0.667. The predicted molar refractivity (Wildman–Crippen MR) is 69.1 cm³/mol. The molecule has 7 heteroatoms. The standard InChI is InChI=1S/C12H19F3N4/c1-5-7(2)8(3)17-10-6-9(16-4)18-11(19-10)12(13,14)15/h6-8H,5H2,1-4H3,(H2,16,17,18,19). The van der Waals surface area contributed by atoms with E-state index in [1.807, 2.05) is 20.8 Å². The minimum Gasteiger partial charge on any atom is -0.373 e. The summed E-state index contributed by atoms with van der Waals surface area (Å²) >= 11 is 0. The van der Waals surface area contributed by atoms with Gasteiger partial charge in [-0.2, -0.15) is 13.2 Å². The van der Waals surface area contributed by atoms with Crippen molar-refractivity contribution >= 4 is 11.6 Å². The average molecular weight is 276 g/mol. The Morgan fingerprint density at radius 2 is 1.79 bits per heavy atom. The molecule has 0 saturated carbocycles. The zero-order valence-corrected chi connectivity index (χ0v) is 11.5. The summed E-state index contributed by atoms with van der Waals surface area (Å²) in [5, 5.41) is 5.59. The minimum atomic E-state index is -4.55. The third-order valence-electron chi connectivity index (χ3n) is 3.11. The molecule has 0 aliphatic carbocycles. The number of halogens is 3. The summed E-state index contributed by atoms with van der Waals surface area (Å²) in [4.78, 5) is 6.93. The second kappa shape index (κ2) is 6.08. The van der Waals surface area contributed by atoms with Crippen LogP contribution in [0.4, 0.5) is 24.8 Å². The van der Waals surface area contributed by atoms with Crippen LogP contribution in [0.5, 0.6) is 0 Å². The molecule has 0 bridgehead atoms. The smallest absolute Gasteiger partial charge is 0.373 e. The Morgan fingerprint density at radius 1 is 1.21 bits per heavy atom. The zero-order chi connectivity index (χ0) is 14.6. The van der Waals surface area contributed by atoms with E-state index in [0.29, 0.717) is 5.92 Å². The zero-order valence-electron chi connectivity index (χ0n) is 11.5. The molecule has 19 heavy (non-hydrogen) atoms. The second-order valence-electron chi connectivity index (χ2n) is 4.53. The van der Waals surface area contributed by atoms with Crippen molar-refractivity contribution in [2.24, 2.45) is 5.92 Å². The Labute approximate surface area is 110 Å². The lowest BCUT2D eigenvalue weighted by molar-refractivity contribution is -0.144. The van der Waals surface area contributed by atoms with Gasteiger partial charge in [0.1, 0.15) is 11.6 Å². The number of rotatable bonds is 5. The van der Waals surface area contributed by atoms with Crippen molar-refractivity contribution in [2.45, 2.75) is 39.4 Å². The molecule has 1 aromatic rings. The van der Waals surface area contributed by atoms with Gasteiger partial charge in [0.25, 0.3) is 0 Å². The minimum absolute atomic E-state index is 0.0330. The maximum atomic E-state index is 12.7. The summed E-state index contributed by atoms with van der Waals surface area (Å²) < 4.78 is 38.0. The maximum Gasteiger partial charge on any atom is 0.451 e. The molecule has 0 spiro atoms. The van der Waals surface area contributed by atoms with Crippen LogP contribution in [0.1, 0.15) is 33.0 Å². The van der Waals surface area contributed by atoms with Gasteiger partial charge in [-0.25, -0.2) is 9.97 Å². The fourth-order valence-corrected chi connectivity index (χ4v) is 1.51. The molecule has 0 saturated heterocycles. The Bertz CT molecular complexity index is 420. The van der Waals surface area contributed by atoms with Crippen molar-refractivity contribution in [1.29, 1.82) is 0 Å². The van der Waals surface area contributed by atoms with Crippen LogP contribution in [0.25, 0.3) is 0 Å². The number of alkyl halides is 3. The van der Waals surface area contributed by atoms with E-state index in [1.165, 1.54) is 13.1 Å². The van der Waals surface area contributed by atoms with Gasteiger partial charge >= 0.3 is 6.18 Å². The molecule has 0 amide bonds. The maximum absolute atomic E-state index is 12.7. The molecule has 0 aliphatic heterocycles. The lowest BCUT2D eigenvalue weighted by Crippen LogP contribution is -2.25. The summed E-state index contributed by atoms with van der Waals surface area (Å²) in [6.07, 6.45) is -3.62. The van der Waals surface area contributed by atoms with Gasteiger partial charge < -0.3 is 10.6 Å². The number of hydrogen-bond acceptors (Lipinski definition) is 4. The summed E-state index contributed by atoms with van der Waals surface area (Å²) in [5.74, 6) is -0.485. The van der Waals surface area contributed by atoms with Crippen LogP contribution < -0.4 is 10.6 Å². The number of nitrogens with one attached hydrogen (secondary N) is 2. The first kappa shape index (κ1) is 15.5. The summed E-state index contributed by atoms with van der Waals surface area (Å²) in [7, 11) is 1.52. The topological polar surface area (TPSA) is 49.8 Å². The van der Waals surface area contributed by atoms with Crippen LogP contribution in [0.3, 0.4) is 0 Å². The molecule has 1 rings (SSSR count). The van der Waals surface area contributed by atoms with Crippen LogP contribution >= 0.6 is 0 Å². The molecular weight excluding hydrogens is 257 g/mol. The van der Waals surface area contributed by atoms with Gasteiger partial charge in [-0.05, 0) is 12.8 Å². The lowest BCUT2D eigenvalue weighted by Gasteiger charge is -2.21. The van der Waals surface area contributed by atoms with Crippen LogP contribution in [0.2, 0.25) is 0 Å². The first-order chi connectivity index (χ1) is 8.77. The average Bonchev–Trinajstić information content (AvgIpc) is 2.36. The van der Waals surface area contributed by atoms with E-state index in [-0.39, 0.29) is 17.7 Å². The number of aromatic nitrogens is 2. The molecule has 108 valence electrons. The fourth-order valence-electron chi connectivity index (χ4n) is 1.51. The Morgan fingerprint density at radius 3 is 2.26 bits per heavy atom. The third kappa shape index (κ3) is 4.25. The van der Waals surface area contributed by atoms with Crippen molar-refractivity contribution in [3.63, 3.8) is 0 Å². The number of anilines is 2. The molecule has 2 atom stereocenters. The highest BCUT2D eigenvalue weighted by Crippen LogP contribution is 2.28. The molecule has 2 N–H and O–H groups in total. The van der Waals surface area contributed by atoms with E-state index in [2.05, 4.69) is 20.6 Å². The van der Waals surface area contributed by atoms with Gasteiger partial charge in [-0.3, -0.25) is 0 Å². The van der Waals surface area contributed by atoms with E-state index in [4.69, 9.17) is 0 Å². The van der Waals surface area contributed by atoms with Crippen molar-refractivity contribution < 1.29 is 13.2 Å². The molecule has 2 unspecified atom stereocenters. The highest BCUT2D eigenvalue weighted by atomic mass is 19.4. The van der Waals surface area contributed by atoms with Crippen LogP contribution in [0.15, 0.2) is 6.07 Å². The molecule has 0 fully saturated rings. The molecule has 0 aromatic carbocycles. The molecule has 0 aliphatic rings. The Balaban J connectivity index is 3.01. The number of hydrogen-bond donors (Lipinski definition) is 2. The van der Waals surface area contributed by atoms with Crippen molar-refractivity contribution in [2.75, 3.05) is 17.7 Å². The third-order valence-corrected chi connectivity index (χ3v) is 3.11. The molecule has 1 aromatic heterocycles. The summed E-state index contributed by atoms with van der Waals surface area (Å²) in [5.41, 5.74) is 0. The summed E-state index contributed by atoms with van der Waals surface area (Å²) in [6, 6.07) is 1.50. The second-order valence-corrected chi connectivity index (χ2v) is 4.53. The SMILES string of the molecule is CCC(C)C(C)Nc1cc(NC)nc(C(F)(F)F)n1. The first-order valence-electron chi connectivity index (χ1n) is 6.18. The summed E-state index contributed by atoms with van der Waals surface area (Å²) in [6.45, 7) is 5.98. The van der Waals surface area contributed by atoms with Gasteiger partial charge in [0.05, 0.1) is 0 Å². The van der Waals surface area contributed by atoms with Crippen LogP contribution in [-0.4, -0.2) is 23.1 Å². The van der Waals surface area contributed by atoms with Crippen LogP contribution in [-0.2, 0) is 6.18 Å². The molecule has 0 radical (unpaired) electrons. The van der Waals surface area contributed by atoms with Crippen molar-refractivity contribution in [3.8, 4) is 0 Å². The van der Waals surface area contributed by atoms with E-state index in [1.54, 1.807) is 0 Å². The lowest BCUT2D eigenvalue weighted by atomic mass is 10.0. The van der Waals surface area contributed by atoms with Crippen LogP contribution in [0, 0.1) is 5.92 Å². The van der Waals surface area contributed by atoms with Gasteiger partial charge in [-0.15, -0.1) is 0 Å². The molecule has 1 heterocycles. The van der Waals surface area contributed by atoms with Gasteiger partial charge in [0.15, 0.2) is 0 Å². The quantitative estimate of drug-likeness (QED) is 0.865. The molecular formula is C12H19F3N4. The van der Waals surface area contributed by atoms with E-state index < -0.39 is 12.0 Å². The highest BCUT2D eigenvalue weighted by Gasteiger charge is 2.35. The highest BCUT2D eigenvalue weighted by molar-refractivity contribution is 5.48. The van der Waals surface area contributed by atoms with Gasteiger partial charge in [0.2, 0.25) is 5.82 Å². The van der Waals surface area contributed by atoms with Crippen molar-refractivity contribution in [1.82, 2.24) is 9.97 Å². The van der Waals surface area contributed by atoms with E-state index in [9.17, 15) is 13.2 Å². The Kier molecular flexibility index (Phi) is 4.97. The van der Waals surface area contributed by atoms with Crippen molar-refractivity contribution in [3.05, 3.63) is 11.9 Å². The predicted octanol–water partition coefficient (Wildman–Crippen LogP) is 3.38. The van der Waals surface area contributed by atoms with Gasteiger partial charge in [-0.1, -0.05) is 20.3 Å². The first-order valence-corrected chi connectivity index (χ1v) is 6.18. The van der Waals surface area contributed by atoms with E-state index >= 15 is 0 Å². The molecule has 4 nitrogen and oxygen atoms in total. The monoisotopic (exact) mass is 276 g/mol.